The van der Waals surface area contributed by atoms with Gasteiger partial charge in [-0.25, -0.2) is 4.79 Å². The zero-order valence-corrected chi connectivity index (χ0v) is 11.2. The van der Waals surface area contributed by atoms with Crippen LogP contribution in [0.25, 0.3) is 0 Å². The number of hydrogen-bond donors (Lipinski definition) is 1. The summed E-state index contributed by atoms with van der Waals surface area (Å²) in [4.78, 5) is 14.1. The third kappa shape index (κ3) is 2.21. The lowest BCUT2D eigenvalue weighted by Crippen LogP contribution is -2.47. The summed E-state index contributed by atoms with van der Waals surface area (Å²) in [7, 11) is 1.42. The molecule has 2 bridgehead atoms. The highest BCUT2D eigenvalue weighted by Gasteiger charge is 2.39. The number of nitrogens with two attached hydrogens (primary N) is 1. The zero-order chi connectivity index (χ0) is 13.4. The van der Waals surface area contributed by atoms with Gasteiger partial charge in [-0.3, -0.25) is 0 Å². The van der Waals surface area contributed by atoms with Crippen molar-refractivity contribution in [3.63, 3.8) is 0 Å². The van der Waals surface area contributed by atoms with Crippen LogP contribution >= 0.6 is 0 Å². The monoisotopic (exact) mass is 260 g/mol. The van der Waals surface area contributed by atoms with Crippen LogP contribution < -0.4 is 10.6 Å². The van der Waals surface area contributed by atoms with E-state index in [2.05, 4.69) is 11.0 Å². The maximum atomic E-state index is 11.6. The molecule has 4 nitrogen and oxygen atoms in total. The van der Waals surface area contributed by atoms with Crippen LogP contribution in [0.3, 0.4) is 0 Å². The molecule has 0 aromatic heterocycles. The smallest absolute Gasteiger partial charge is 0.337 e. The Hall–Kier alpha value is -1.55. The second kappa shape index (κ2) is 4.85. The number of benzene rings is 1. The Morgan fingerprint density at radius 3 is 2.63 bits per heavy atom. The molecule has 2 heterocycles. The predicted octanol–water partition coefficient (Wildman–Crippen LogP) is 1.93. The number of anilines is 1. The number of hydrogen-bond acceptors (Lipinski definition) is 4. The van der Waals surface area contributed by atoms with Crippen molar-refractivity contribution in [3.05, 3.63) is 29.8 Å². The molecule has 1 aromatic rings. The van der Waals surface area contributed by atoms with E-state index in [0.29, 0.717) is 23.7 Å². The Kier molecular flexibility index (Phi) is 3.19. The standard InChI is InChI=1S/C15H20N2O2/c1-19-15(18)10-3-2-4-12(7-10)17-13-5-6-14(17)9-11(16)8-13/h2-4,7,11,13-14H,5-6,8-9,16H2,1H3. The molecule has 2 fully saturated rings. The first-order valence-electron chi connectivity index (χ1n) is 6.91. The average Bonchev–Trinajstić information content (AvgIpc) is 2.70. The third-order valence-corrected chi connectivity index (χ3v) is 4.33. The summed E-state index contributed by atoms with van der Waals surface area (Å²) in [5.41, 5.74) is 7.84. The molecule has 2 unspecified atom stereocenters. The van der Waals surface area contributed by atoms with E-state index in [-0.39, 0.29) is 5.97 Å². The molecule has 2 aliphatic rings. The number of carbonyl (C=O) groups excluding carboxylic acids is 1. The molecule has 1 aromatic carbocycles. The third-order valence-electron chi connectivity index (χ3n) is 4.33. The van der Waals surface area contributed by atoms with Crippen molar-refractivity contribution in [3.8, 4) is 0 Å². The molecule has 0 amide bonds. The lowest BCUT2D eigenvalue weighted by molar-refractivity contribution is 0.0600. The van der Waals surface area contributed by atoms with Crippen molar-refractivity contribution in [1.82, 2.24) is 0 Å². The Bertz CT molecular complexity index is 475. The fourth-order valence-electron chi connectivity index (χ4n) is 3.55. The van der Waals surface area contributed by atoms with Gasteiger partial charge in [-0.05, 0) is 43.9 Å². The van der Waals surface area contributed by atoms with Crippen LogP contribution in [0.4, 0.5) is 5.69 Å². The van der Waals surface area contributed by atoms with Gasteiger partial charge in [-0.2, -0.15) is 0 Å². The topological polar surface area (TPSA) is 55.6 Å². The Balaban J connectivity index is 1.89. The number of ether oxygens (including phenoxy) is 1. The first kappa shape index (κ1) is 12.5. The van der Waals surface area contributed by atoms with Gasteiger partial charge in [-0.15, -0.1) is 0 Å². The average molecular weight is 260 g/mol. The number of fused-ring (bicyclic) bond motifs is 2. The normalized spacial score (nSPS) is 29.4. The summed E-state index contributed by atoms with van der Waals surface area (Å²) in [5, 5.41) is 0. The fourth-order valence-corrected chi connectivity index (χ4v) is 3.55. The van der Waals surface area contributed by atoms with Crippen LogP contribution in [0.15, 0.2) is 24.3 Å². The van der Waals surface area contributed by atoms with Gasteiger partial charge in [0.05, 0.1) is 12.7 Å². The van der Waals surface area contributed by atoms with Crippen molar-refractivity contribution in [2.75, 3.05) is 12.0 Å². The van der Waals surface area contributed by atoms with Gasteiger partial charge in [-0.1, -0.05) is 6.07 Å². The second-order valence-corrected chi connectivity index (χ2v) is 5.57. The van der Waals surface area contributed by atoms with Gasteiger partial charge in [0, 0.05) is 23.8 Å². The molecule has 2 atom stereocenters. The minimum Gasteiger partial charge on any atom is -0.465 e. The van der Waals surface area contributed by atoms with Gasteiger partial charge < -0.3 is 15.4 Å². The molecule has 2 N–H and O–H groups in total. The number of methoxy groups -OCH3 is 1. The molecule has 19 heavy (non-hydrogen) atoms. The minimum absolute atomic E-state index is 0.275. The Labute approximate surface area is 113 Å². The van der Waals surface area contributed by atoms with E-state index in [4.69, 9.17) is 10.5 Å². The Morgan fingerprint density at radius 2 is 2.00 bits per heavy atom. The number of piperidine rings is 1. The lowest BCUT2D eigenvalue weighted by Gasteiger charge is -2.39. The zero-order valence-electron chi connectivity index (χ0n) is 11.2. The van der Waals surface area contributed by atoms with Gasteiger partial charge in [0.1, 0.15) is 0 Å². The van der Waals surface area contributed by atoms with E-state index < -0.39 is 0 Å². The first-order chi connectivity index (χ1) is 9.19. The number of rotatable bonds is 2. The molecule has 0 spiro atoms. The molecule has 0 radical (unpaired) electrons. The predicted molar refractivity (Wildman–Crippen MR) is 74.3 cm³/mol. The van der Waals surface area contributed by atoms with Crippen molar-refractivity contribution in [2.24, 2.45) is 5.73 Å². The maximum Gasteiger partial charge on any atom is 0.337 e. The molecule has 4 heteroatoms. The highest BCUT2D eigenvalue weighted by atomic mass is 16.5. The van der Waals surface area contributed by atoms with Gasteiger partial charge in [0.25, 0.3) is 0 Å². The molecule has 102 valence electrons. The van der Waals surface area contributed by atoms with Crippen LogP contribution in [-0.4, -0.2) is 31.2 Å². The quantitative estimate of drug-likeness (QED) is 0.826. The van der Waals surface area contributed by atoms with E-state index in [9.17, 15) is 4.79 Å². The van der Waals surface area contributed by atoms with E-state index in [1.165, 1.54) is 20.0 Å². The summed E-state index contributed by atoms with van der Waals surface area (Å²) in [5.74, 6) is -0.275. The summed E-state index contributed by atoms with van der Waals surface area (Å²) in [6.07, 6.45) is 4.53. The van der Waals surface area contributed by atoms with E-state index in [0.717, 1.165) is 18.5 Å². The van der Waals surface area contributed by atoms with E-state index in [1.54, 1.807) is 6.07 Å². The van der Waals surface area contributed by atoms with Crippen LogP contribution in [0.1, 0.15) is 36.0 Å². The molecule has 3 rings (SSSR count). The molecular weight excluding hydrogens is 240 g/mol. The molecular formula is C15H20N2O2. The highest BCUT2D eigenvalue weighted by molar-refractivity contribution is 5.90. The summed E-state index contributed by atoms with van der Waals surface area (Å²) < 4.78 is 4.79. The van der Waals surface area contributed by atoms with Crippen LogP contribution in [0.2, 0.25) is 0 Å². The SMILES string of the molecule is COC(=O)c1cccc(N2C3CCC2CC(N)C3)c1. The van der Waals surface area contributed by atoms with Gasteiger partial charge >= 0.3 is 5.97 Å². The van der Waals surface area contributed by atoms with Crippen molar-refractivity contribution in [2.45, 2.75) is 43.8 Å². The second-order valence-electron chi connectivity index (χ2n) is 5.57. The van der Waals surface area contributed by atoms with Crippen molar-refractivity contribution >= 4 is 11.7 Å². The van der Waals surface area contributed by atoms with Crippen LogP contribution in [0.5, 0.6) is 0 Å². The van der Waals surface area contributed by atoms with Gasteiger partial charge in [0.15, 0.2) is 0 Å². The largest absolute Gasteiger partial charge is 0.465 e. The highest BCUT2D eigenvalue weighted by Crippen LogP contribution is 2.38. The summed E-state index contributed by atoms with van der Waals surface area (Å²) in [6, 6.07) is 9.13. The fraction of sp³-hybridized carbons (Fsp3) is 0.533. The number of esters is 1. The molecule has 0 aliphatic carbocycles. The summed E-state index contributed by atoms with van der Waals surface area (Å²) in [6.45, 7) is 0. The van der Waals surface area contributed by atoms with Crippen LogP contribution in [-0.2, 0) is 4.74 Å². The Morgan fingerprint density at radius 1 is 1.32 bits per heavy atom. The molecule has 0 saturated carbocycles. The van der Waals surface area contributed by atoms with Crippen LogP contribution in [0, 0.1) is 0 Å². The molecule has 2 saturated heterocycles. The maximum absolute atomic E-state index is 11.6. The van der Waals surface area contributed by atoms with E-state index >= 15 is 0 Å². The minimum atomic E-state index is -0.275. The molecule has 2 aliphatic heterocycles. The summed E-state index contributed by atoms with van der Waals surface area (Å²) >= 11 is 0. The first-order valence-corrected chi connectivity index (χ1v) is 6.91. The number of carbonyl (C=O) groups is 1. The number of nitrogens with zero attached hydrogens (tertiary/aromatic N) is 1. The van der Waals surface area contributed by atoms with Gasteiger partial charge in [0.2, 0.25) is 0 Å². The van der Waals surface area contributed by atoms with Crippen molar-refractivity contribution < 1.29 is 9.53 Å². The van der Waals surface area contributed by atoms with E-state index in [1.807, 2.05) is 12.1 Å². The van der Waals surface area contributed by atoms with Crippen molar-refractivity contribution in [1.29, 1.82) is 0 Å². The lowest BCUT2D eigenvalue weighted by atomic mass is 9.97.